The molecule has 58 valence electrons. The van der Waals surface area contributed by atoms with Gasteiger partial charge in [-0.15, -0.1) is 10.6 Å². The summed E-state index contributed by atoms with van der Waals surface area (Å²) in [4.78, 5) is 10.9. The van der Waals surface area contributed by atoms with Crippen LogP contribution in [-0.2, 0) is 14.8 Å². The van der Waals surface area contributed by atoms with Crippen molar-refractivity contribution in [2.75, 3.05) is 0 Å². The summed E-state index contributed by atoms with van der Waals surface area (Å²) in [6, 6.07) is 8.16. The molecule has 0 heterocycles. The summed E-state index contributed by atoms with van der Waals surface area (Å²) in [6.45, 7) is 0. The molecule has 0 saturated heterocycles. The molecule has 1 N–H and O–H groups in total. The lowest BCUT2D eigenvalue weighted by molar-refractivity contribution is 0.108. The van der Waals surface area contributed by atoms with Crippen molar-refractivity contribution in [2.45, 2.75) is 0 Å². The van der Waals surface area contributed by atoms with Crippen LogP contribution >= 0.6 is 0 Å². The van der Waals surface area contributed by atoms with Crippen LogP contribution < -0.4 is 0 Å². The molecule has 1 aromatic rings. The van der Waals surface area contributed by atoms with Gasteiger partial charge in [0, 0.05) is 0 Å². The van der Waals surface area contributed by atoms with Crippen LogP contribution in [0.5, 0.6) is 0 Å². The highest BCUT2D eigenvalue weighted by atomic mass is 32.2. The molecule has 0 aliphatic heterocycles. The van der Waals surface area contributed by atoms with Crippen LogP contribution in [0.4, 0.5) is 0 Å². The van der Waals surface area contributed by atoms with Gasteiger partial charge in [-0.1, -0.05) is 30.3 Å². The molecule has 0 amide bonds. The Bertz CT molecular complexity index is 322. The first-order chi connectivity index (χ1) is 5.22. The molecule has 11 heavy (non-hydrogen) atoms. The number of hydrogen-bond donors (Lipinski definition) is 1. The fourth-order valence-electron chi connectivity index (χ4n) is 0.681. The maximum absolute atomic E-state index is 10.9. The Kier molecular flexibility index (Phi) is 2.38. The topological polar surface area (TPSA) is 58.0 Å². The average Bonchev–Trinajstić information content (AvgIpc) is 2.05. The first kappa shape index (κ1) is 7.94. The number of nitrogens with one attached hydrogen (secondary N) is 1. The third kappa shape index (κ3) is 1.88. The lowest BCUT2D eigenvalue weighted by Crippen LogP contribution is -1.97. The van der Waals surface area contributed by atoms with Crippen molar-refractivity contribution >= 4 is 15.7 Å². The van der Waals surface area contributed by atoms with Crippen molar-refractivity contribution < 1.29 is 9.00 Å². The predicted molar refractivity (Wildman–Crippen MR) is 41.5 cm³/mol. The zero-order valence-electron chi connectivity index (χ0n) is 5.61. The number of rotatable bonds is 1. The molecule has 0 unspecified atom stereocenters. The molecule has 0 aliphatic carbocycles. The summed E-state index contributed by atoms with van der Waals surface area (Å²) in [5.41, 5.74) is 0.320. The fraction of sp³-hybridized carbons (Fsp3) is 0. The Morgan fingerprint density at radius 3 is 2.27 bits per heavy atom. The highest BCUT2D eigenvalue weighted by Crippen LogP contribution is 1.99. The first-order valence-electron chi connectivity index (χ1n) is 2.94. The monoisotopic (exact) mass is 168 g/mol. The minimum Gasteiger partial charge on any atom is -0.437 e. The lowest BCUT2D eigenvalue weighted by Gasteiger charge is -1.98. The van der Waals surface area contributed by atoms with Crippen LogP contribution in [0.2, 0.25) is 0 Å². The van der Waals surface area contributed by atoms with Crippen molar-refractivity contribution in [3.63, 3.8) is 0 Å². The van der Waals surface area contributed by atoms with Gasteiger partial charge in [-0.05, 0) is 5.56 Å². The maximum Gasteiger partial charge on any atom is 0.115 e. The third-order valence-corrected chi connectivity index (χ3v) is 1.75. The van der Waals surface area contributed by atoms with Gasteiger partial charge < -0.3 is 13.8 Å². The predicted octanol–water partition coefficient (Wildman–Crippen LogP) is 1.55. The first-order valence-corrected chi connectivity index (χ1v) is 4.09. The normalized spacial score (nSPS) is 9.91. The van der Waals surface area contributed by atoms with Crippen molar-refractivity contribution in [1.82, 2.24) is 0 Å². The van der Waals surface area contributed by atoms with E-state index in [1.165, 1.54) is 12.1 Å². The molecule has 0 atom stereocenters. The Labute approximate surface area is 66.1 Å². The van der Waals surface area contributed by atoms with Crippen LogP contribution in [0.3, 0.4) is 0 Å². The molecule has 0 aliphatic rings. The minimum atomic E-state index is -2.15. The average molecular weight is 168 g/mol. The molecule has 4 heteroatoms. The molecular weight excluding hydrogens is 162 g/mol. The Morgan fingerprint density at radius 2 is 1.82 bits per heavy atom. The van der Waals surface area contributed by atoms with E-state index in [2.05, 4.69) is 0 Å². The molecule has 0 radical (unpaired) electrons. The quantitative estimate of drug-likeness (QED) is 0.647. The summed E-state index contributed by atoms with van der Waals surface area (Å²) in [5.74, 6) is 0. The Hall–Kier alpha value is -1.16. The summed E-state index contributed by atoms with van der Waals surface area (Å²) in [6.07, 6.45) is 0. The smallest absolute Gasteiger partial charge is 0.115 e. The molecule has 0 bridgehead atoms. The summed E-state index contributed by atoms with van der Waals surface area (Å²) in [5, 5.41) is -0.648. The molecular formula is C7H6NO2S-. The van der Waals surface area contributed by atoms with Crippen LogP contribution in [0, 0.1) is 4.78 Å². The molecule has 1 rings (SSSR count). The van der Waals surface area contributed by atoms with E-state index in [1.54, 1.807) is 18.2 Å². The molecule has 0 aromatic heterocycles. The highest BCUT2D eigenvalue weighted by molar-refractivity contribution is 7.90. The van der Waals surface area contributed by atoms with Crippen molar-refractivity contribution in [2.24, 2.45) is 0 Å². The summed E-state index contributed by atoms with van der Waals surface area (Å²) < 4.78 is 17.0. The van der Waals surface area contributed by atoms with Gasteiger partial charge in [-0.25, -0.2) is 0 Å². The van der Waals surface area contributed by atoms with Crippen LogP contribution in [-0.4, -0.2) is 5.12 Å². The number of benzene rings is 1. The second-order valence-electron chi connectivity index (χ2n) is 1.92. The SMILES string of the molecule is N=[S-](=O)C(=O)c1ccccc1. The van der Waals surface area contributed by atoms with Crippen LogP contribution in [0.25, 0.3) is 0 Å². The maximum atomic E-state index is 10.9. The van der Waals surface area contributed by atoms with Gasteiger partial charge in [-0.2, -0.15) is 0 Å². The second-order valence-corrected chi connectivity index (χ2v) is 2.83. The lowest BCUT2D eigenvalue weighted by atomic mass is 10.2. The Morgan fingerprint density at radius 1 is 1.27 bits per heavy atom. The molecule has 1 aromatic carbocycles. The van der Waals surface area contributed by atoms with Gasteiger partial charge in [0.15, 0.2) is 0 Å². The second kappa shape index (κ2) is 3.30. The molecule has 3 nitrogen and oxygen atoms in total. The number of hydrogen-bond acceptors (Lipinski definition) is 4. The van der Waals surface area contributed by atoms with Crippen molar-refractivity contribution in [1.29, 1.82) is 4.78 Å². The largest absolute Gasteiger partial charge is 0.437 e. The number of carbonyl (C=O) groups excluding carboxylic acids is 1. The van der Waals surface area contributed by atoms with E-state index in [0.29, 0.717) is 5.56 Å². The molecule has 0 saturated carbocycles. The van der Waals surface area contributed by atoms with Gasteiger partial charge >= 0.3 is 0 Å². The summed E-state index contributed by atoms with van der Waals surface area (Å²) in [7, 11) is -2.15. The standard InChI is InChI=1S/C7H6NO2S/c8-11(10)7(9)6-4-2-1-3-5-6/h1-5,8H/q-1. The molecule has 0 spiro atoms. The van der Waals surface area contributed by atoms with E-state index in [0.717, 1.165) is 0 Å². The van der Waals surface area contributed by atoms with Gasteiger partial charge in [0.05, 0.1) is 0 Å². The van der Waals surface area contributed by atoms with E-state index in [1.807, 2.05) is 0 Å². The van der Waals surface area contributed by atoms with Crippen LogP contribution in [0.15, 0.2) is 30.3 Å². The van der Waals surface area contributed by atoms with Crippen molar-refractivity contribution in [3.8, 4) is 0 Å². The minimum absolute atomic E-state index is 0.320. The zero-order valence-corrected chi connectivity index (χ0v) is 6.43. The van der Waals surface area contributed by atoms with Crippen LogP contribution in [0.1, 0.15) is 10.4 Å². The van der Waals surface area contributed by atoms with E-state index >= 15 is 0 Å². The van der Waals surface area contributed by atoms with E-state index in [9.17, 15) is 9.00 Å². The van der Waals surface area contributed by atoms with E-state index in [4.69, 9.17) is 4.78 Å². The Balaban J connectivity index is 3.04. The van der Waals surface area contributed by atoms with E-state index in [-0.39, 0.29) is 0 Å². The van der Waals surface area contributed by atoms with Gasteiger partial charge in [0.2, 0.25) is 0 Å². The van der Waals surface area contributed by atoms with Gasteiger partial charge in [0.25, 0.3) is 0 Å². The summed E-state index contributed by atoms with van der Waals surface area (Å²) >= 11 is 0. The van der Waals surface area contributed by atoms with Crippen molar-refractivity contribution in [3.05, 3.63) is 35.9 Å². The van der Waals surface area contributed by atoms with Gasteiger partial charge in [0.1, 0.15) is 5.12 Å². The fourth-order valence-corrected chi connectivity index (χ4v) is 1.03. The van der Waals surface area contributed by atoms with Gasteiger partial charge in [-0.3, -0.25) is 0 Å². The number of carbonyl (C=O) groups is 1. The van der Waals surface area contributed by atoms with E-state index < -0.39 is 15.7 Å². The third-order valence-electron chi connectivity index (χ3n) is 1.18. The molecule has 0 fully saturated rings. The zero-order chi connectivity index (χ0) is 8.27. The highest BCUT2D eigenvalue weighted by Gasteiger charge is 1.93.